The number of nitrogen functional groups attached to an aromatic ring is 1. The van der Waals surface area contributed by atoms with Crippen molar-refractivity contribution in [1.29, 1.82) is 0 Å². The Labute approximate surface area is 155 Å². The number of pyridine rings is 1. The summed E-state index contributed by atoms with van der Waals surface area (Å²) >= 11 is 6.33. The van der Waals surface area contributed by atoms with E-state index in [1.54, 1.807) is 0 Å². The van der Waals surface area contributed by atoms with Crippen molar-refractivity contribution in [3.8, 4) is 0 Å². The minimum absolute atomic E-state index is 0. The second-order valence-corrected chi connectivity index (χ2v) is 5.90. The van der Waals surface area contributed by atoms with Crippen LogP contribution in [0.25, 0.3) is 21.9 Å². The van der Waals surface area contributed by atoms with E-state index >= 15 is 0 Å². The lowest BCUT2D eigenvalue weighted by atomic mass is 10.1. The third-order valence-electron chi connectivity index (χ3n) is 4.18. The van der Waals surface area contributed by atoms with E-state index in [9.17, 15) is 0 Å². The Kier molecular flexibility index (Phi) is 4.47. The highest BCUT2D eigenvalue weighted by Gasteiger charge is 2.20. The van der Waals surface area contributed by atoms with E-state index in [1.807, 2.05) is 47.0 Å². The molecule has 0 aliphatic heterocycles. The molecule has 0 spiro atoms. The maximum Gasteiger partial charge on any atom is 0.201 e. The second kappa shape index (κ2) is 6.42. The zero-order valence-corrected chi connectivity index (χ0v) is 15.4. The highest BCUT2D eigenvalue weighted by atomic mass is 79.9. The van der Waals surface area contributed by atoms with Crippen molar-refractivity contribution in [2.24, 2.45) is 0 Å². The van der Waals surface area contributed by atoms with E-state index in [2.05, 4.69) is 29.0 Å². The summed E-state index contributed by atoms with van der Waals surface area (Å²) < 4.78 is 2.03. The molecule has 24 heavy (non-hydrogen) atoms. The minimum Gasteiger partial charge on any atom is -0.369 e. The highest BCUT2D eigenvalue weighted by Crippen LogP contribution is 2.34. The Morgan fingerprint density at radius 3 is 2.42 bits per heavy atom. The number of hydrogen-bond donors (Lipinski definition) is 1. The minimum atomic E-state index is 0. The van der Waals surface area contributed by atoms with Crippen LogP contribution in [0, 0.1) is 0 Å². The van der Waals surface area contributed by atoms with Gasteiger partial charge in [-0.05, 0) is 18.6 Å². The van der Waals surface area contributed by atoms with Gasteiger partial charge in [0.25, 0.3) is 0 Å². The number of nitrogens with zero attached hydrogens (tertiary/aromatic N) is 3. The highest BCUT2D eigenvalue weighted by molar-refractivity contribution is 8.93. The number of nitrogens with two attached hydrogens (primary N) is 1. The van der Waals surface area contributed by atoms with Crippen molar-refractivity contribution in [3.05, 3.63) is 65.3 Å². The second-order valence-electron chi connectivity index (χ2n) is 5.54. The van der Waals surface area contributed by atoms with Crippen LogP contribution in [0.4, 0.5) is 5.95 Å². The van der Waals surface area contributed by atoms with E-state index in [4.69, 9.17) is 17.3 Å². The average molecular weight is 404 g/mol. The predicted octanol–water partition coefficient (Wildman–Crippen LogP) is 5.01. The molecule has 1 unspecified atom stereocenters. The Balaban J connectivity index is 0.00000169. The third-order valence-corrected chi connectivity index (χ3v) is 4.44. The molecule has 0 saturated carbocycles. The van der Waals surface area contributed by atoms with Gasteiger partial charge in [0, 0.05) is 5.39 Å². The monoisotopic (exact) mass is 402 g/mol. The molecular weight excluding hydrogens is 388 g/mol. The van der Waals surface area contributed by atoms with Gasteiger partial charge in [-0.25, -0.2) is 9.97 Å². The quantitative estimate of drug-likeness (QED) is 0.479. The zero-order chi connectivity index (χ0) is 16.0. The zero-order valence-electron chi connectivity index (χ0n) is 13.0. The first-order chi connectivity index (χ1) is 11.2. The van der Waals surface area contributed by atoms with Gasteiger partial charge in [0.05, 0.1) is 17.1 Å². The van der Waals surface area contributed by atoms with Gasteiger partial charge < -0.3 is 10.3 Å². The van der Waals surface area contributed by atoms with Crippen LogP contribution in [0.2, 0.25) is 5.15 Å². The molecule has 4 aromatic rings. The van der Waals surface area contributed by atoms with E-state index in [1.165, 1.54) is 0 Å². The number of imidazole rings is 1. The Hall–Kier alpha value is -2.11. The molecule has 4 nitrogen and oxygen atoms in total. The Bertz CT molecular complexity index is 1010. The van der Waals surface area contributed by atoms with Gasteiger partial charge in [0.15, 0.2) is 5.15 Å². The van der Waals surface area contributed by atoms with Crippen LogP contribution in [-0.2, 0) is 0 Å². The van der Waals surface area contributed by atoms with Crippen LogP contribution < -0.4 is 5.73 Å². The normalized spacial score (nSPS) is 12.2. The Morgan fingerprint density at radius 2 is 1.67 bits per heavy atom. The van der Waals surface area contributed by atoms with Crippen LogP contribution in [-0.4, -0.2) is 14.5 Å². The van der Waals surface area contributed by atoms with E-state index in [0.717, 1.165) is 22.0 Å². The van der Waals surface area contributed by atoms with Gasteiger partial charge >= 0.3 is 0 Å². The topological polar surface area (TPSA) is 56.7 Å². The molecule has 4 rings (SSSR count). The fraction of sp³-hybridized carbons (Fsp3) is 0.111. The van der Waals surface area contributed by atoms with Gasteiger partial charge in [-0.2, -0.15) is 0 Å². The molecule has 0 aliphatic rings. The number of halogens is 2. The summed E-state index contributed by atoms with van der Waals surface area (Å²) in [5.41, 5.74) is 9.79. The van der Waals surface area contributed by atoms with Crippen molar-refractivity contribution in [2.75, 3.05) is 5.73 Å². The maximum absolute atomic E-state index is 6.33. The fourth-order valence-electron chi connectivity index (χ4n) is 3.05. The first-order valence-electron chi connectivity index (χ1n) is 7.43. The molecule has 1 atom stereocenters. The van der Waals surface area contributed by atoms with E-state index < -0.39 is 0 Å². The molecule has 122 valence electrons. The van der Waals surface area contributed by atoms with Gasteiger partial charge in [-0.15, -0.1) is 17.0 Å². The van der Waals surface area contributed by atoms with Crippen LogP contribution in [0.15, 0.2) is 54.6 Å². The first-order valence-corrected chi connectivity index (χ1v) is 7.81. The number of benzene rings is 2. The number of rotatable bonds is 2. The predicted molar refractivity (Wildman–Crippen MR) is 105 cm³/mol. The molecule has 2 heterocycles. The number of hydrogen-bond acceptors (Lipinski definition) is 3. The summed E-state index contributed by atoms with van der Waals surface area (Å²) in [4.78, 5) is 8.88. The molecule has 2 N–H and O–H groups in total. The molecule has 2 aromatic heterocycles. The molecule has 0 saturated heterocycles. The van der Waals surface area contributed by atoms with E-state index in [-0.39, 0.29) is 23.0 Å². The van der Waals surface area contributed by atoms with Crippen molar-refractivity contribution >= 4 is 56.5 Å². The van der Waals surface area contributed by atoms with Gasteiger partial charge in [0.1, 0.15) is 5.52 Å². The summed E-state index contributed by atoms with van der Waals surface area (Å²) in [6.07, 6.45) is 0. The van der Waals surface area contributed by atoms with Crippen molar-refractivity contribution in [2.45, 2.75) is 13.0 Å². The molecule has 0 aliphatic carbocycles. The van der Waals surface area contributed by atoms with Gasteiger partial charge in [-0.3, -0.25) is 0 Å². The molecule has 6 heteroatoms. The van der Waals surface area contributed by atoms with Crippen molar-refractivity contribution in [1.82, 2.24) is 14.5 Å². The number of aromatic nitrogens is 3. The van der Waals surface area contributed by atoms with Crippen molar-refractivity contribution in [3.63, 3.8) is 0 Å². The number of anilines is 1. The summed E-state index contributed by atoms with van der Waals surface area (Å²) in [7, 11) is 0. The van der Waals surface area contributed by atoms with Crippen LogP contribution >= 0.6 is 28.6 Å². The van der Waals surface area contributed by atoms with Gasteiger partial charge in [-0.1, -0.05) is 60.1 Å². The maximum atomic E-state index is 6.33. The lowest BCUT2D eigenvalue weighted by molar-refractivity contribution is 0.669. The lowest BCUT2D eigenvalue weighted by Crippen LogP contribution is -2.10. The summed E-state index contributed by atoms with van der Waals surface area (Å²) in [6, 6.07) is 18.2. The molecule has 0 fully saturated rings. The smallest absolute Gasteiger partial charge is 0.201 e. The summed E-state index contributed by atoms with van der Waals surface area (Å²) in [6.45, 7) is 2.11. The van der Waals surface area contributed by atoms with Crippen molar-refractivity contribution < 1.29 is 0 Å². The van der Waals surface area contributed by atoms with E-state index in [0.29, 0.717) is 16.6 Å². The summed E-state index contributed by atoms with van der Waals surface area (Å²) in [5.74, 6) is 0.441. The van der Waals surface area contributed by atoms with Gasteiger partial charge in [0.2, 0.25) is 5.95 Å². The standard InChI is InChI=1S/C18H15ClN4.BrH/c1-11(12-7-3-2-4-8-12)23-16-13-9-5-6-10-14(13)21-17(19)15(16)22-18(23)20;/h2-11H,1H3,(H2,20,22);1H. The fourth-order valence-corrected chi connectivity index (χ4v) is 3.28. The van der Waals surface area contributed by atoms with Crippen LogP contribution in [0.5, 0.6) is 0 Å². The molecular formula is C18H16BrClN4. The lowest BCUT2D eigenvalue weighted by Gasteiger charge is -2.17. The molecule has 0 bridgehead atoms. The van der Waals surface area contributed by atoms with Crippen LogP contribution in [0.3, 0.4) is 0 Å². The summed E-state index contributed by atoms with van der Waals surface area (Å²) in [5, 5.41) is 1.38. The molecule has 0 radical (unpaired) electrons. The average Bonchev–Trinajstić information content (AvgIpc) is 2.93. The third kappa shape index (κ3) is 2.54. The first kappa shape index (κ1) is 16.7. The number of fused-ring (bicyclic) bond motifs is 3. The molecule has 2 aromatic carbocycles. The Morgan fingerprint density at radius 1 is 1.00 bits per heavy atom. The largest absolute Gasteiger partial charge is 0.369 e. The molecule has 0 amide bonds. The number of para-hydroxylation sites is 1. The van der Waals surface area contributed by atoms with Crippen LogP contribution in [0.1, 0.15) is 18.5 Å². The SMILES string of the molecule is Br.CC(c1ccccc1)n1c(N)nc2c(Cl)nc3ccccc3c21.